The molecule has 0 spiro atoms. The maximum absolute atomic E-state index is 12.2. The molecule has 0 saturated carbocycles. The monoisotopic (exact) mass is 463 g/mol. The summed E-state index contributed by atoms with van der Waals surface area (Å²) >= 11 is 2.12. The van der Waals surface area contributed by atoms with E-state index in [1.54, 1.807) is 16.8 Å². The van der Waals surface area contributed by atoms with Crippen molar-refractivity contribution in [1.29, 1.82) is 0 Å². The SMILES string of the molecule is Cc1cc(C)n(-c2ccc(=O)n(CCNC(=O)c3ccccc3I)n2)n1. The van der Waals surface area contributed by atoms with Gasteiger partial charge in [0.2, 0.25) is 0 Å². The standard InChI is InChI=1S/C18H18IN5O2/c1-12-11-13(2)24(21-12)16-7-8-17(25)23(22-16)10-9-20-18(26)14-5-3-4-6-15(14)19/h3-8,11H,9-10H2,1-2H3,(H,20,26). The highest BCUT2D eigenvalue weighted by Crippen LogP contribution is 2.11. The molecule has 0 bridgehead atoms. The number of rotatable bonds is 5. The molecule has 0 atom stereocenters. The molecule has 7 nitrogen and oxygen atoms in total. The lowest BCUT2D eigenvalue weighted by molar-refractivity contribution is 0.0951. The summed E-state index contributed by atoms with van der Waals surface area (Å²) in [7, 11) is 0. The van der Waals surface area contributed by atoms with E-state index in [0.717, 1.165) is 15.0 Å². The molecule has 3 aromatic rings. The highest BCUT2D eigenvalue weighted by molar-refractivity contribution is 14.1. The van der Waals surface area contributed by atoms with E-state index in [4.69, 9.17) is 0 Å². The first-order chi connectivity index (χ1) is 12.5. The van der Waals surface area contributed by atoms with Crippen LogP contribution in [0.5, 0.6) is 0 Å². The predicted molar refractivity (Wildman–Crippen MR) is 107 cm³/mol. The molecule has 1 amide bonds. The van der Waals surface area contributed by atoms with E-state index < -0.39 is 0 Å². The smallest absolute Gasteiger partial charge is 0.266 e. The van der Waals surface area contributed by atoms with Gasteiger partial charge in [0, 0.05) is 21.9 Å². The van der Waals surface area contributed by atoms with Gasteiger partial charge in [-0.15, -0.1) is 5.10 Å². The summed E-state index contributed by atoms with van der Waals surface area (Å²) in [6.45, 7) is 4.41. The van der Waals surface area contributed by atoms with Gasteiger partial charge in [0.25, 0.3) is 11.5 Å². The first kappa shape index (κ1) is 18.3. The van der Waals surface area contributed by atoms with Crippen LogP contribution in [-0.4, -0.2) is 32.0 Å². The molecule has 1 N–H and O–H groups in total. The van der Waals surface area contributed by atoms with Gasteiger partial charge in [-0.1, -0.05) is 12.1 Å². The van der Waals surface area contributed by atoms with Gasteiger partial charge in [-0.05, 0) is 60.7 Å². The Morgan fingerprint density at radius 2 is 1.92 bits per heavy atom. The van der Waals surface area contributed by atoms with E-state index in [9.17, 15) is 9.59 Å². The summed E-state index contributed by atoms with van der Waals surface area (Å²) in [5, 5.41) is 11.6. The van der Waals surface area contributed by atoms with Crippen molar-refractivity contribution in [3.05, 3.63) is 73.3 Å². The molecule has 1 aromatic carbocycles. The highest BCUT2D eigenvalue weighted by Gasteiger charge is 2.10. The molecule has 0 saturated heterocycles. The van der Waals surface area contributed by atoms with Crippen LogP contribution in [0.15, 0.2) is 47.3 Å². The zero-order valence-electron chi connectivity index (χ0n) is 14.4. The van der Waals surface area contributed by atoms with E-state index in [1.165, 1.54) is 10.7 Å². The summed E-state index contributed by atoms with van der Waals surface area (Å²) in [5.41, 5.74) is 2.21. The summed E-state index contributed by atoms with van der Waals surface area (Å²) in [6.07, 6.45) is 0. The Morgan fingerprint density at radius 3 is 2.62 bits per heavy atom. The van der Waals surface area contributed by atoms with Gasteiger partial charge in [0.05, 0.1) is 17.8 Å². The Balaban J connectivity index is 1.71. The van der Waals surface area contributed by atoms with E-state index in [0.29, 0.717) is 17.9 Å². The maximum atomic E-state index is 12.2. The van der Waals surface area contributed by atoms with Crippen LogP contribution < -0.4 is 10.9 Å². The second kappa shape index (κ2) is 7.81. The third-order valence-electron chi connectivity index (χ3n) is 3.81. The number of nitrogens with one attached hydrogen (secondary N) is 1. The fourth-order valence-electron chi connectivity index (χ4n) is 2.59. The molecule has 26 heavy (non-hydrogen) atoms. The minimum absolute atomic E-state index is 0.169. The van der Waals surface area contributed by atoms with Crippen molar-refractivity contribution in [2.45, 2.75) is 20.4 Å². The number of carbonyl (C=O) groups excluding carboxylic acids is 1. The lowest BCUT2D eigenvalue weighted by atomic mass is 10.2. The summed E-state index contributed by atoms with van der Waals surface area (Å²) in [4.78, 5) is 24.3. The molecule has 134 valence electrons. The number of nitrogens with zero attached hydrogens (tertiary/aromatic N) is 4. The molecule has 0 unspecified atom stereocenters. The number of hydrogen-bond acceptors (Lipinski definition) is 4. The van der Waals surface area contributed by atoms with Crippen LogP contribution in [0.2, 0.25) is 0 Å². The molecule has 3 rings (SSSR count). The molecule has 2 heterocycles. The Labute approximate surface area is 164 Å². The molecule has 0 fully saturated rings. The number of carbonyl (C=O) groups is 1. The van der Waals surface area contributed by atoms with Gasteiger partial charge in [-0.25, -0.2) is 9.36 Å². The van der Waals surface area contributed by atoms with E-state index >= 15 is 0 Å². The van der Waals surface area contributed by atoms with Crippen LogP contribution in [-0.2, 0) is 6.54 Å². The quantitative estimate of drug-likeness (QED) is 0.588. The van der Waals surface area contributed by atoms with Gasteiger partial charge in [-0.2, -0.15) is 5.10 Å². The first-order valence-electron chi connectivity index (χ1n) is 8.10. The Hall–Kier alpha value is -2.49. The van der Waals surface area contributed by atoms with Crippen molar-refractivity contribution < 1.29 is 4.79 Å². The summed E-state index contributed by atoms with van der Waals surface area (Å²) in [5.74, 6) is 0.400. The number of aromatic nitrogens is 4. The summed E-state index contributed by atoms with van der Waals surface area (Å²) in [6, 6.07) is 12.4. The molecular formula is C18H18IN5O2. The number of hydrogen-bond donors (Lipinski definition) is 1. The zero-order valence-corrected chi connectivity index (χ0v) is 16.6. The predicted octanol–water partition coefficient (Wildman–Crippen LogP) is 2.08. The van der Waals surface area contributed by atoms with Crippen LogP contribution in [0.1, 0.15) is 21.7 Å². The van der Waals surface area contributed by atoms with Gasteiger partial charge in [0.15, 0.2) is 5.82 Å². The normalized spacial score (nSPS) is 10.7. The third kappa shape index (κ3) is 4.01. The van der Waals surface area contributed by atoms with Gasteiger partial charge < -0.3 is 5.32 Å². The zero-order chi connectivity index (χ0) is 18.7. The number of aryl methyl sites for hydroxylation is 2. The van der Waals surface area contributed by atoms with E-state index in [-0.39, 0.29) is 18.0 Å². The van der Waals surface area contributed by atoms with Crippen LogP contribution in [0.3, 0.4) is 0 Å². The molecule has 0 aliphatic rings. The van der Waals surface area contributed by atoms with E-state index in [2.05, 4.69) is 38.1 Å². The highest BCUT2D eigenvalue weighted by atomic mass is 127. The lowest BCUT2D eigenvalue weighted by Crippen LogP contribution is -2.32. The third-order valence-corrected chi connectivity index (χ3v) is 4.75. The van der Waals surface area contributed by atoms with Crippen molar-refractivity contribution in [2.75, 3.05) is 6.54 Å². The second-order valence-corrected chi connectivity index (χ2v) is 6.99. The van der Waals surface area contributed by atoms with Crippen molar-refractivity contribution in [3.8, 4) is 5.82 Å². The van der Waals surface area contributed by atoms with Crippen molar-refractivity contribution in [3.63, 3.8) is 0 Å². The minimum atomic E-state index is -0.223. The van der Waals surface area contributed by atoms with E-state index in [1.807, 2.05) is 38.1 Å². The lowest BCUT2D eigenvalue weighted by Gasteiger charge is -2.10. The minimum Gasteiger partial charge on any atom is -0.350 e. The largest absolute Gasteiger partial charge is 0.350 e. The number of amides is 1. The van der Waals surface area contributed by atoms with Gasteiger partial charge in [0.1, 0.15) is 0 Å². The maximum Gasteiger partial charge on any atom is 0.266 e. The van der Waals surface area contributed by atoms with Gasteiger partial charge >= 0.3 is 0 Å². The van der Waals surface area contributed by atoms with Crippen LogP contribution in [0, 0.1) is 17.4 Å². The molecule has 0 aliphatic carbocycles. The van der Waals surface area contributed by atoms with Crippen molar-refractivity contribution in [2.24, 2.45) is 0 Å². The Morgan fingerprint density at radius 1 is 1.15 bits per heavy atom. The molecule has 0 aliphatic heterocycles. The average molecular weight is 463 g/mol. The van der Waals surface area contributed by atoms with Crippen LogP contribution >= 0.6 is 22.6 Å². The van der Waals surface area contributed by atoms with Crippen molar-refractivity contribution >= 4 is 28.5 Å². The van der Waals surface area contributed by atoms with Crippen LogP contribution in [0.25, 0.3) is 5.82 Å². The molecule has 8 heteroatoms. The Bertz CT molecular complexity index is 1010. The Kier molecular flexibility index (Phi) is 5.50. The topological polar surface area (TPSA) is 81.8 Å². The first-order valence-corrected chi connectivity index (χ1v) is 9.18. The average Bonchev–Trinajstić information content (AvgIpc) is 2.95. The van der Waals surface area contributed by atoms with Gasteiger partial charge in [-0.3, -0.25) is 9.59 Å². The molecular weight excluding hydrogens is 445 g/mol. The summed E-state index contributed by atoms with van der Waals surface area (Å²) < 4.78 is 3.91. The van der Waals surface area contributed by atoms with Crippen LogP contribution in [0.4, 0.5) is 0 Å². The second-order valence-electron chi connectivity index (χ2n) is 5.83. The molecule has 2 aromatic heterocycles. The van der Waals surface area contributed by atoms with Crippen molar-refractivity contribution in [1.82, 2.24) is 24.9 Å². The fourth-order valence-corrected chi connectivity index (χ4v) is 3.22. The molecule has 0 radical (unpaired) electrons. The number of halogens is 1. The number of benzene rings is 1. The fraction of sp³-hybridized carbons (Fsp3) is 0.222.